The number of aliphatic hydroxyl groups excluding tert-OH is 5. The first kappa shape index (κ1) is 88.9. The van der Waals surface area contributed by atoms with Crippen LogP contribution in [0.25, 0.3) is 22.3 Å². The van der Waals surface area contributed by atoms with Gasteiger partial charge in [0.25, 0.3) is 11.8 Å². The van der Waals surface area contributed by atoms with Crippen molar-refractivity contribution in [1.29, 1.82) is 0 Å². The predicted molar refractivity (Wildman–Crippen MR) is 449 cm³/mol. The Morgan fingerprint density at radius 2 is 1.10 bits per heavy atom. The number of para-hydroxylation sites is 2. The van der Waals surface area contributed by atoms with Gasteiger partial charge in [0.1, 0.15) is 35.8 Å². The number of aliphatic hydroxyl groups is 5. The van der Waals surface area contributed by atoms with Crippen molar-refractivity contribution >= 4 is 39.3 Å². The number of carbonyl (C=O) groups is 4. The van der Waals surface area contributed by atoms with Gasteiger partial charge in [-0.2, -0.15) is 10.1 Å². The van der Waals surface area contributed by atoms with Gasteiger partial charge in [-0.3, -0.25) is 28.9 Å². The number of anilines is 1. The number of hydrogen-bond donors (Lipinski definition) is 11. The topological polar surface area (TPSA) is 340 Å². The summed E-state index contributed by atoms with van der Waals surface area (Å²) in [7, 11) is 4.95. The van der Waals surface area contributed by atoms with Gasteiger partial charge in [-0.15, -0.1) is 0 Å². The van der Waals surface area contributed by atoms with Crippen LogP contribution >= 0.6 is 0 Å². The number of benzene rings is 6. The van der Waals surface area contributed by atoms with E-state index < -0.39 is 83.0 Å². The van der Waals surface area contributed by atoms with Crippen LogP contribution in [0, 0.1) is 58.2 Å². The van der Waals surface area contributed by atoms with E-state index in [0.29, 0.717) is 81.1 Å². The van der Waals surface area contributed by atoms with E-state index in [1.807, 2.05) is 140 Å². The summed E-state index contributed by atoms with van der Waals surface area (Å²) in [5.41, 5.74) is 15.0. The molecule has 8 fully saturated rings. The molecule has 0 unspecified atom stereocenters. The Balaban J connectivity index is 0.000000231. The first-order chi connectivity index (χ1) is 55.2. The molecule has 26 heteroatoms. The van der Waals surface area contributed by atoms with Crippen LogP contribution in [0.3, 0.4) is 0 Å². The summed E-state index contributed by atoms with van der Waals surface area (Å²) < 4.78 is 40.2. The fourth-order valence-corrected chi connectivity index (χ4v) is 20.5. The van der Waals surface area contributed by atoms with Crippen LogP contribution in [-0.4, -0.2) is 208 Å². The molecule has 2 aliphatic heterocycles. The number of ether oxygens (including phenoxy) is 2. The number of carbonyl (C=O) groups excluding carboxylic acids is 4. The molecule has 6 aromatic carbocycles. The Hall–Kier alpha value is -7.93. The van der Waals surface area contributed by atoms with Crippen molar-refractivity contribution in [2.24, 2.45) is 63.9 Å². The van der Waals surface area contributed by atoms with Crippen LogP contribution in [0.4, 0.5) is 5.69 Å². The second kappa shape index (κ2) is 38.0. The van der Waals surface area contributed by atoms with Gasteiger partial charge in [0, 0.05) is 95.7 Å². The van der Waals surface area contributed by atoms with Gasteiger partial charge in [0.05, 0.1) is 77.7 Å². The molecule has 116 heavy (non-hydrogen) atoms. The molecule has 12 N–H and O–H groups in total. The molecule has 0 aromatic heterocycles. The van der Waals surface area contributed by atoms with E-state index >= 15 is 0 Å². The molecule has 25 nitrogen and oxygen atoms in total. The molecule has 6 aliphatic carbocycles. The largest absolute Gasteiger partial charge is 0.496 e. The van der Waals surface area contributed by atoms with Gasteiger partial charge < -0.3 is 71.8 Å². The highest BCUT2D eigenvalue weighted by Crippen LogP contribution is 2.62. The third-order valence-electron chi connectivity index (χ3n) is 26.5. The molecule has 4 bridgehead atoms. The molecule has 19 atom stereocenters. The Morgan fingerprint density at radius 1 is 0.629 bits per heavy atom. The Kier molecular flexibility index (Phi) is 29.1. The minimum absolute atomic E-state index is 0.0159. The van der Waals surface area contributed by atoms with Crippen molar-refractivity contribution in [2.75, 3.05) is 79.4 Å². The number of likely N-dealkylation sites (N-methyl/N-ethyl adjacent to an activating group) is 2. The van der Waals surface area contributed by atoms with Gasteiger partial charge in [-0.25, -0.2) is 13.1 Å². The first-order valence-electron chi connectivity index (χ1n) is 41.2. The molecule has 0 spiro atoms. The highest BCUT2D eigenvalue weighted by Gasteiger charge is 2.59. The lowest BCUT2D eigenvalue weighted by molar-refractivity contribution is -0.183. The number of sulfonamides is 1. The lowest BCUT2D eigenvalue weighted by Gasteiger charge is -2.62. The number of rotatable bonds is 33. The van der Waals surface area contributed by atoms with E-state index in [-0.39, 0.29) is 97.6 Å². The molecule has 6 saturated carbocycles. The fraction of sp³-hybridized carbons (Fsp3) is 0.556. The smallest absolute Gasteiger partial charge is 0.251 e. The number of hydrogen-bond acceptors (Lipinski definition) is 20. The maximum atomic E-state index is 14.5. The van der Waals surface area contributed by atoms with Gasteiger partial charge in [-0.05, 0) is 177 Å². The summed E-state index contributed by atoms with van der Waals surface area (Å²) >= 11 is 0. The van der Waals surface area contributed by atoms with Crippen LogP contribution in [0.2, 0.25) is 0 Å². The zero-order valence-corrected chi connectivity index (χ0v) is 71.0. The quantitative estimate of drug-likeness (QED) is 0.0184. The summed E-state index contributed by atoms with van der Waals surface area (Å²) in [6.45, 7) is 19.3. The molecule has 2 saturated heterocycles. The standard InChI is InChI=1S/C47H68N6O9S.C43H58N4O6/c1-28-37-23-34(47(37,3)4)24-38(28)48-46(58)43-41(29(2)56)40(27-55)62-53(43)25-31-16-13-17-36(44(31)61-8)32-20-33(22-35(21-32)52(7)18-19-54)45(57)49-39(26-51(5)6)42(50-63(9,59)60)30-14-11-10-12-15-30;1-7-33(18-27-12-9-8-10-13-27)45-41(50)31-17-28(22-44)16-30(19-31)34-15-11-14-29(40(34)52-6)23-47-39(38(26(3)49)37(24-48)53-47)42(51)46-36-21-32-20-35(25(36)2)43(32,4)5/h10-17,20-22,28-29,34,37-43,50,54-56H,18-19,23-27H2,1-9H3,(H,48,58)(H,49,57);8-17,19,25-26,32-33,35-39,48-49H,7,18,20-24,44H2,1-6H3,(H,45,50)(H,46,51)/t28-,29-,34+,37-,38-,39+,40-,41+,42-,43-;25-,26-,32+,33+,35-,36-,37-,38+,39-/m00/s1. The first-order valence-corrected chi connectivity index (χ1v) is 43.1. The van der Waals surface area contributed by atoms with E-state index in [2.05, 4.69) is 86.6 Å². The van der Waals surface area contributed by atoms with Crippen LogP contribution in [0.15, 0.2) is 133 Å². The lowest BCUT2D eigenvalue weighted by Crippen LogP contribution is -2.62. The fourth-order valence-electron chi connectivity index (χ4n) is 19.8. The maximum absolute atomic E-state index is 14.5. The molecule has 0 radical (unpaired) electrons. The van der Waals surface area contributed by atoms with Crippen molar-refractivity contribution in [3.05, 3.63) is 172 Å². The molecule has 2 heterocycles. The van der Waals surface area contributed by atoms with E-state index in [1.54, 1.807) is 50.3 Å². The van der Waals surface area contributed by atoms with Gasteiger partial charge >= 0.3 is 0 Å². The highest BCUT2D eigenvalue weighted by molar-refractivity contribution is 7.88. The zero-order chi connectivity index (χ0) is 84.0. The highest BCUT2D eigenvalue weighted by atomic mass is 32.2. The minimum Gasteiger partial charge on any atom is -0.496 e. The van der Waals surface area contributed by atoms with Crippen molar-refractivity contribution in [1.82, 2.24) is 41.0 Å². The number of nitrogens with two attached hydrogens (primary N) is 1. The minimum atomic E-state index is -3.70. The normalized spacial score (nSPS) is 26.5. The third kappa shape index (κ3) is 19.7. The average molecular weight is 1620 g/mol. The number of amides is 4. The van der Waals surface area contributed by atoms with E-state index in [1.165, 1.54) is 12.8 Å². The van der Waals surface area contributed by atoms with Crippen molar-refractivity contribution in [3.63, 3.8) is 0 Å². The molecule has 632 valence electrons. The second-order valence-electron chi connectivity index (χ2n) is 34.9. The number of nitrogens with one attached hydrogen (secondary N) is 5. The van der Waals surface area contributed by atoms with Crippen molar-refractivity contribution in [2.45, 2.75) is 187 Å². The molecular formula is C90H126N10O15S. The monoisotopic (exact) mass is 1620 g/mol. The van der Waals surface area contributed by atoms with E-state index in [9.17, 15) is 53.1 Å². The van der Waals surface area contributed by atoms with Crippen LogP contribution in [-0.2, 0) is 55.3 Å². The third-order valence-corrected chi connectivity index (χ3v) is 27.2. The number of hydroxylamine groups is 4. The summed E-state index contributed by atoms with van der Waals surface area (Å²) in [5.74, 6) is 1.38. The molecule has 6 aromatic rings. The average Bonchev–Trinajstić information content (AvgIpc) is 0.819. The summed E-state index contributed by atoms with van der Waals surface area (Å²) in [5, 5.41) is 68.8. The maximum Gasteiger partial charge on any atom is 0.251 e. The summed E-state index contributed by atoms with van der Waals surface area (Å²) in [6, 6.07) is 38.3. The zero-order valence-electron chi connectivity index (χ0n) is 70.2. The van der Waals surface area contributed by atoms with Crippen LogP contribution in [0.5, 0.6) is 11.5 Å². The summed E-state index contributed by atoms with van der Waals surface area (Å²) in [6.07, 6.45) is 3.34. The summed E-state index contributed by atoms with van der Waals surface area (Å²) in [4.78, 5) is 73.0. The number of fused-ring (bicyclic) bond motifs is 4. The van der Waals surface area contributed by atoms with Gasteiger partial charge in [-0.1, -0.05) is 146 Å². The Bertz CT molecular complexity index is 4480. The van der Waals surface area contributed by atoms with Crippen molar-refractivity contribution < 1.29 is 72.3 Å². The van der Waals surface area contributed by atoms with Crippen LogP contribution in [0.1, 0.15) is 149 Å². The van der Waals surface area contributed by atoms with E-state index in [0.717, 1.165) is 59.8 Å². The molecule has 4 amide bonds. The molecular weight excluding hydrogens is 1490 g/mol. The predicted octanol–water partition coefficient (Wildman–Crippen LogP) is 8.63. The number of methoxy groups -OCH3 is 2. The second-order valence-corrected chi connectivity index (χ2v) is 36.7. The molecule has 8 aliphatic rings. The molecule has 14 rings (SSSR count). The van der Waals surface area contributed by atoms with Gasteiger partial charge in [0.15, 0.2) is 0 Å². The van der Waals surface area contributed by atoms with Crippen molar-refractivity contribution in [3.8, 4) is 33.8 Å². The van der Waals surface area contributed by atoms with E-state index in [4.69, 9.17) is 24.9 Å². The Labute approximate surface area is 685 Å². The Morgan fingerprint density at radius 3 is 1.53 bits per heavy atom. The lowest BCUT2D eigenvalue weighted by atomic mass is 9.45. The van der Waals surface area contributed by atoms with Crippen LogP contribution < -0.4 is 46.1 Å². The van der Waals surface area contributed by atoms with Gasteiger partial charge in [0.2, 0.25) is 21.8 Å². The number of nitrogens with zero attached hydrogens (tertiary/aromatic N) is 4. The SMILES string of the molecule is CC[C@H](Cc1ccccc1)NC(=O)c1cc(CN)cc(-c2cccc(CN3O[C@@H](CO)[C@@H]([C@H](C)O)[C@H]3C(=O)N[C@H]3C[C@H]4C[C@@H]([C@@H]3C)C4(C)C)c2OC)c1.COc1c(CN2O[C@@H](CO)[C@@H]([C@H](C)O)[C@H]2C(=O)N[C@H]2C[C@H]3C[C@@H]([C@@H]2C)C3(C)C)cccc1-c1cc(C(=O)N[C@H](CN(C)C)[C@@H](NS(C)(=O)=O)c2ccccc2)cc(N(C)CCO)c1.